The number of para-hydroxylation sites is 1. The minimum absolute atomic E-state index is 0.170. The lowest BCUT2D eigenvalue weighted by Crippen LogP contribution is -2.11. The zero-order chi connectivity index (χ0) is 16.8. The van der Waals surface area contributed by atoms with E-state index in [2.05, 4.69) is 35.3 Å². The highest BCUT2D eigenvalue weighted by atomic mass is 16.1. The molecule has 0 aliphatic heterocycles. The summed E-state index contributed by atoms with van der Waals surface area (Å²) in [6, 6.07) is 18.4. The Bertz CT molecular complexity index is 849. The van der Waals surface area contributed by atoms with Gasteiger partial charge in [0.05, 0.1) is 0 Å². The van der Waals surface area contributed by atoms with Crippen LogP contribution < -0.4 is 5.43 Å². The van der Waals surface area contributed by atoms with E-state index in [1.54, 1.807) is 0 Å². The molecule has 0 unspecified atom stereocenters. The first kappa shape index (κ1) is 16.5. The number of benzene rings is 2. The Labute approximate surface area is 143 Å². The fraction of sp³-hybridized carbons (Fsp3) is 0.318. The quantitative estimate of drug-likeness (QED) is 0.598. The molecule has 1 heterocycles. The highest BCUT2D eigenvalue weighted by Gasteiger charge is 2.07. The Morgan fingerprint density at radius 2 is 1.46 bits per heavy atom. The molecule has 0 spiro atoms. The topological polar surface area (TPSA) is 32.9 Å². The number of aromatic amines is 1. The lowest BCUT2D eigenvalue weighted by molar-refractivity contribution is 0.635. The van der Waals surface area contributed by atoms with Gasteiger partial charge in [-0.3, -0.25) is 4.79 Å². The Hall–Kier alpha value is -2.35. The van der Waals surface area contributed by atoms with Crippen molar-refractivity contribution >= 4 is 10.9 Å². The highest BCUT2D eigenvalue weighted by Crippen LogP contribution is 2.14. The normalized spacial score (nSPS) is 11.0. The summed E-state index contributed by atoms with van der Waals surface area (Å²) >= 11 is 0. The van der Waals surface area contributed by atoms with Crippen LogP contribution in [0.4, 0.5) is 0 Å². The maximum absolute atomic E-state index is 12.4. The van der Waals surface area contributed by atoms with E-state index in [0.717, 1.165) is 41.4 Å². The van der Waals surface area contributed by atoms with Crippen LogP contribution in [0.1, 0.15) is 42.5 Å². The van der Waals surface area contributed by atoms with Crippen LogP contribution in [-0.2, 0) is 12.8 Å². The van der Waals surface area contributed by atoms with E-state index in [1.807, 2.05) is 31.2 Å². The number of unbranched alkanes of at least 4 members (excludes halogenated alkanes) is 3. The summed E-state index contributed by atoms with van der Waals surface area (Å²) in [5.74, 6) is 0. The maximum Gasteiger partial charge on any atom is 0.192 e. The standard InChI is InChI=1S/C22H25NO/c1-17-20(23-21-16-10-9-14-19(21)22(17)24)15-8-3-2-5-11-18-12-6-4-7-13-18/h4,6-7,9-10,12-14,16H,2-3,5,8,11,15H2,1H3,(H,23,24). The van der Waals surface area contributed by atoms with Crippen molar-refractivity contribution in [2.75, 3.05) is 0 Å². The summed E-state index contributed by atoms with van der Waals surface area (Å²) in [7, 11) is 0. The average molecular weight is 319 g/mol. The molecule has 1 aromatic heterocycles. The van der Waals surface area contributed by atoms with Gasteiger partial charge in [-0.25, -0.2) is 0 Å². The van der Waals surface area contributed by atoms with Gasteiger partial charge < -0.3 is 4.98 Å². The second-order valence-corrected chi connectivity index (χ2v) is 6.50. The molecule has 0 amide bonds. The molecule has 2 nitrogen and oxygen atoms in total. The van der Waals surface area contributed by atoms with Crippen LogP contribution in [0.25, 0.3) is 10.9 Å². The Kier molecular flexibility index (Phi) is 5.47. The largest absolute Gasteiger partial charge is 0.358 e. The van der Waals surface area contributed by atoms with Gasteiger partial charge in [-0.1, -0.05) is 55.3 Å². The first-order valence-corrected chi connectivity index (χ1v) is 8.90. The first-order valence-electron chi connectivity index (χ1n) is 8.90. The predicted molar refractivity (Wildman–Crippen MR) is 102 cm³/mol. The number of aromatic nitrogens is 1. The minimum Gasteiger partial charge on any atom is -0.358 e. The van der Waals surface area contributed by atoms with E-state index < -0.39 is 0 Å². The van der Waals surface area contributed by atoms with Crippen LogP contribution >= 0.6 is 0 Å². The Morgan fingerprint density at radius 3 is 2.25 bits per heavy atom. The van der Waals surface area contributed by atoms with Gasteiger partial charge in [-0.05, 0) is 50.3 Å². The smallest absolute Gasteiger partial charge is 0.192 e. The monoisotopic (exact) mass is 319 g/mol. The number of fused-ring (bicyclic) bond motifs is 1. The third kappa shape index (κ3) is 3.94. The summed E-state index contributed by atoms with van der Waals surface area (Å²) in [4.78, 5) is 15.9. The molecule has 0 bridgehead atoms. The highest BCUT2D eigenvalue weighted by molar-refractivity contribution is 5.79. The zero-order valence-corrected chi connectivity index (χ0v) is 14.3. The van der Waals surface area contributed by atoms with Crippen molar-refractivity contribution in [3.8, 4) is 0 Å². The number of hydrogen-bond acceptors (Lipinski definition) is 1. The van der Waals surface area contributed by atoms with Gasteiger partial charge in [-0.15, -0.1) is 0 Å². The summed E-state index contributed by atoms with van der Waals surface area (Å²) in [6.07, 6.45) is 6.93. The van der Waals surface area contributed by atoms with E-state index in [9.17, 15) is 4.79 Å². The minimum atomic E-state index is 0.170. The summed E-state index contributed by atoms with van der Waals surface area (Å²) in [6.45, 7) is 1.94. The molecular weight excluding hydrogens is 294 g/mol. The number of pyridine rings is 1. The lowest BCUT2D eigenvalue weighted by atomic mass is 10.0. The van der Waals surface area contributed by atoms with E-state index in [-0.39, 0.29) is 5.43 Å². The Balaban J connectivity index is 1.51. The molecule has 0 atom stereocenters. The summed E-state index contributed by atoms with van der Waals surface area (Å²) in [5, 5.41) is 0.793. The van der Waals surface area contributed by atoms with Crippen LogP contribution in [-0.4, -0.2) is 4.98 Å². The second kappa shape index (κ2) is 7.96. The van der Waals surface area contributed by atoms with Crippen molar-refractivity contribution in [2.45, 2.75) is 45.4 Å². The Morgan fingerprint density at radius 1 is 0.792 bits per heavy atom. The average Bonchev–Trinajstić information content (AvgIpc) is 2.63. The number of hydrogen-bond donors (Lipinski definition) is 1. The molecule has 0 saturated carbocycles. The van der Waals surface area contributed by atoms with E-state index in [0.29, 0.717) is 0 Å². The van der Waals surface area contributed by atoms with E-state index in [4.69, 9.17) is 0 Å². The van der Waals surface area contributed by atoms with Crippen molar-refractivity contribution in [3.63, 3.8) is 0 Å². The maximum atomic E-state index is 12.4. The number of aryl methyl sites for hydroxylation is 2. The van der Waals surface area contributed by atoms with Crippen molar-refractivity contribution in [3.05, 3.63) is 81.6 Å². The molecule has 3 aromatic rings. The molecule has 2 heteroatoms. The molecule has 2 aromatic carbocycles. The number of H-pyrrole nitrogens is 1. The first-order chi connectivity index (χ1) is 11.8. The van der Waals surface area contributed by atoms with Gasteiger partial charge in [0.15, 0.2) is 5.43 Å². The van der Waals surface area contributed by atoms with E-state index in [1.165, 1.54) is 24.8 Å². The van der Waals surface area contributed by atoms with Crippen molar-refractivity contribution in [1.82, 2.24) is 4.98 Å². The van der Waals surface area contributed by atoms with Crippen LogP contribution in [0.15, 0.2) is 59.4 Å². The van der Waals surface area contributed by atoms with Gasteiger partial charge in [0, 0.05) is 22.2 Å². The number of nitrogens with one attached hydrogen (secondary N) is 1. The second-order valence-electron chi connectivity index (χ2n) is 6.50. The van der Waals surface area contributed by atoms with Crippen molar-refractivity contribution < 1.29 is 0 Å². The van der Waals surface area contributed by atoms with Gasteiger partial charge >= 0.3 is 0 Å². The molecule has 3 rings (SSSR count). The molecule has 124 valence electrons. The van der Waals surface area contributed by atoms with Gasteiger partial charge in [0.1, 0.15) is 0 Å². The fourth-order valence-electron chi connectivity index (χ4n) is 3.26. The molecule has 0 radical (unpaired) electrons. The van der Waals surface area contributed by atoms with Crippen LogP contribution in [0.5, 0.6) is 0 Å². The SMILES string of the molecule is Cc1c(CCCCCCc2ccccc2)[nH]c2ccccc2c1=O. The molecule has 24 heavy (non-hydrogen) atoms. The predicted octanol–water partition coefficient (Wildman–Crippen LogP) is 5.18. The third-order valence-corrected chi connectivity index (χ3v) is 4.74. The van der Waals surface area contributed by atoms with Gasteiger partial charge in [0.25, 0.3) is 0 Å². The van der Waals surface area contributed by atoms with Gasteiger partial charge in [-0.2, -0.15) is 0 Å². The van der Waals surface area contributed by atoms with Crippen LogP contribution in [0.2, 0.25) is 0 Å². The van der Waals surface area contributed by atoms with Crippen LogP contribution in [0.3, 0.4) is 0 Å². The molecule has 0 saturated heterocycles. The molecule has 0 aliphatic carbocycles. The zero-order valence-electron chi connectivity index (χ0n) is 14.3. The van der Waals surface area contributed by atoms with Crippen molar-refractivity contribution in [2.24, 2.45) is 0 Å². The fourth-order valence-corrected chi connectivity index (χ4v) is 3.26. The molecule has 1 N–H and O–H groups in total. The van der Waals surface area contributed by atoms with Gasteiger partial charge in [0.2, 0.25) is 0 Å². The molecule has 0 aliphatic rings. The lowest BCUT2D eigenvalue weighted by Gasteiger charge is -2.08. The van der Waals surface area contributed by atoms with Crippen LogP contribution in [0, 0.1) is 6.92 Å². The summed E-state index contributed by atoms with van der Waals surface area (Å²) in [5.41, 5.74) is 4.52. The third-order valence-electron chi connectivity index (χ3n) is 4.74. The van der Waals surface area contributed by atoms with E-state index >= 15 is 0 Å². The molecule has 0 fully saturated rings. The van der Waals surface area contributed by atoms with Crippen molar-refractivity contribution in [1.29, 1.82) is 0 Å². The summed E-state index contributed by atoms with van der Waals surface area (Å²) < 4.78 is 0. The number of rotatable bonds is 7. The molecular formula is C22H25NO.